The number of benzene rings is 1. The molecule has 9 nitrogen and oxygen atoms in total. The van der Waals surface area contributed by atoms with Crippen LogP contribution in [0.15, 0.2) is 24.3 Å². The summed E-state index contributed by atoms with van der Waals surface area (Å²) in [6.45, 7) is 5.64. The Kier molecular flexibility index (Phi) is 10.1. The molecule has 0 radical (unpaired) electrons. The van der Waals surface area contributed by atoms with E-state index in [-0.39, 0.29) is 0 Å². The maximum Gasteiger partial charge on any atom is 0.326 e. The van der Waals surface area contributed by atoms with Gasteiger partial charge in [-0.3, -0.25) is 19.7 Å². The van der Waals surface area contributed by atoms with E-state index in [1.807, 2.05) is 5.32 Å². The first-order valence-corrected chi connectivity index (χ1v) is 9.16. The monoisotopic (exact) mass is 393 g/mol. The minimum absolute atomic E-state index is 0.352. The van der Waals surface area contributed by atoms with Gasteiger partial charge < -0.3 is 20.1 Å². The van der Waals surface area contributed by atoms with Crippen LogP contribution in [0.25, 0.3) is 0 Å². The average Bonchev–Trinajstić information content (AvgIpc) is 2.67. The van der Waals surface area contributed by atoms with Crippen molar-refractivity contribution in [2.24, 2.45) is 0 Å². The highest BCUT2D eigenvalue weighted by molar-refractivity contribution is 5.98. The summed E-state index contributed by atoms with van der Waals surface area (Å²) in [4.78, 5) is 46.8. The zero-order valence-electron chi connectivity index (χ0n) is 16.4. The molecule has 1 aromatic carbocycles. The number of rotatable bonds is 10. The first-order chi connectivity index (χ1) is 13.4. The number of carbonyl (C=O) groups excluding carboxylic acids is 4. The van der Waals surface area contributed by atoms with E-state index in [1.54, 1.807) is 31.2 Å². The number of esters is 1. The standard InChI is InChI=1S/C19H27N3O6/c1-4-6-11-27-15-9-7-14(8-10-15)18(25)21-12-16(23)28-13(3)17(24)22-19(26)20-5-2/h7-10,13H,4-6,11-12H2,1-3H3,(H,21,25)(H2,20,22,24,26). The predicted octanol–water partition coefficient (Wildman–Crippen LogP) is 1.37. The fraction of sp³-hybridized carbons (Fsp3) is 0.474. The van der Waals surface area contributed by atoms with Crippen molar-refractivity contribution in [3.8, 4) is 5.75 Å². The lowest BCUT2D eigenvalue weighted by Gasteiger charge is -2.13. The molecule has 0 aliphatic carbocycles. The summed E-state index contributed by atoms with van der Waals surface area (Å²) in [7, 11) is 0. The molecule has 0 bridgehead atoms. The number of imide groups is 1. The highest BCUT2D eigenvalue weighted by Crippen LogP contribution is 2.12. The molecule has 154 valence electrons. The Hall–Kier alpha value is -3.10. The van der Waals surface area contributed by atoms with Crippen molar-refractivity contribution < 1.29 is 28.7 Å². The molecule has 3 N–H and O–H groups in total. The molecule has 0 saturated carbocycles. The SMILES string of the molecule is CCCCOc1ccc(C(=O)NCC(=O)OC(C)C(=O)NC(=O)NCC)cc1. The van der Waals surface area contributed by atoms with Crippen molar-refractivity contribution >= 4 is 23.8 Å². The van der Waals surface area contributed by atoms with Crippen LogP contribution in [0.1, 0.15) is 44.0 Å². The summed E-state index contributed by atoms with van der Waals surface area (Å²) in [5, 5.41) is 6.83. The highest BCUT2D eigenvalue weighted by Gasteiger charge is 2.20. The van der Waals surface area contributed by atoms with Crippen LogP contribution in [0.5, 0.6) is 5.75 Å². The van der Waals surface area contributed by atoms with Crippen LogP contribution in [-0.2, 0) is 14.3 Å². The molecule has 0 saturated heterocycles. The molecular formula is C19H27N3O6. The Morgan fingerprint density at radius 3 is 2.32 bits per heavy atom. The summed E-state index contributed by atoms with van der Waals surface area (Å²) in [5.74, 6) is -1.36. The Labute approximate surface area is 164 Å². The largest absolute Gasteiger partial charge is 0.494 e. The maximum absolute atomic E-state index is 12.1. The van der Waals surface area contributed by atoms with Gasteiger partial charge >= 0.3 is 12.0 Å². The molecule has 0 heterocycles. The maximum atomic E-state index is 12.1. The van der Waals surface area contributed by atoms with Crippen LogP contribution in [-0.4, -0.2) is 49.6 Å². The Bertz CT molecular complexity index is 675. The topological polar surface area (TPSA) is 123 Å². The smallest absolute Gasteiger partial charge is 0.326 e. The van der Waals surface area contributed by atoms with E-state index < -0.39 is 36.5 Å². The normalized spacial score (nSPS) is 11.1. The lowest BCUT2D eigenvalue weighted by Crippen LogP contribution is -2.45. The van der Waals surface area contributed by atoms with Gasteiger partial charge in [0.1, 0.15) is 12.3 Å². The van der Waals surface area contributed by atoms with Gasteiger partial charge in [0.15, 0.2) is 6.10 Å². The van der Waals surface area contributed by atoms with Gasteiger partial charge in [0.05, 0.1) is 6.61 Å². The molecule has 1 unspecified atom stereocenters. The number of ether oxygens (including phenoxy) is 2. The van der Waals surface area contributed by atoms with Crippen molar-refractivity contribution in [2.75, 3.05) is 19.7 Å². The van der Waals surface area contributed by atoms with Gasteiger partial charge in [0.2, 0.25) is 0 Å². The minimum atomic E-state index is -1.17. The molecule has 28 heavy (non-hydrogen) atoms. The summed E-state index contributed by atoms with van der Waals surface area (Å²) in [5.41, 5.74) is 0.359. The summed E-state index contributed by atoms with van der Waals surface area (Å²) in [6.07, 6.45) is 0.805. The zero-order valence-corrected chi connectivity index (χ0v) is 16.4. The van der Waals surface area contributed by atoms with Crippen molar-refractivity contribution in [2.45, 2.75) is 39.7 Å². The number of unbranched alkanes of at least 4 members (excludes halogenated alkanes) is 1. The molecule has 0 aromatic heterocycles. The van der Waals surface area contributed by atoms with Crippen molar-refractivity contribution in [1.82, 2.24) is 16.0 Å². The molecule has 0 aliphatic heterocycles. The van der Waals surface area contributed by atoms with Gasteiger partial charge in [-0.2, -0.15) is 0 Å². The van der Waals surface area contributed by atoms with Crippen LogP contribution < -0.4 is 20.7 Å². The number of hydrogen-bond acceptors (Lipinski definition) is 6. The van der Waals surface area contributed by atoms with Crippen LogP contribution in [0, 0.1) is 0 Å². The van der Waals surface area contributed by atoms with Gasteiger partial charge in [-0.15, -0.1) is 0 Å². The third kappa shape index (κ3) is 8.52. The van der Waals surface area contributed by atoms with Crippen molar-refractivity contribution in [3.63, 3.8) is 0 Å². The lowest BCUT2D eigenvalue weighted by molar-refractivity contribution is -0.153. The predicted molar refractivity (Wildman–Crippen MR) is 102 cm³/mol. The average molecular weight is 393 g/mol. The van der Waals surface area contributed by atoms with Crippen molar-refractivity contribution in [1.29, 1.82) is 0 Å². The molecule has 4 amide bonds. The summed E-state index contributed by atoms with van der Waals surface area (Å²) < 4.78 is 10.4. The second kappa shape index (κ2) is 12.3. The second-order valence-corrected chi connectivity index (χ2v) is 5.89. The third-order valence-corrected chi connectivity index (χ3v) is 3.53. The summed E-state index contributed by atoms with van der Waals surface area (Å²) >= 11 is 0. The van der Waals surface area contributed by atoms with E-state index in [9.17, 15) is 19.2 Å². The molecule has 0 aliphatic rings. The van der Waals surface area contributed by atoms with Crippen LogP contribution in [0.4, 0.5) is 4.79 Å². The van der Waals surface area contributed by atoms with Crippen LogP contribution in [0.3, 0.4) is 0 Å². The van der Waals surface area contributed by atoms with Gasteiger partial charge in [-0.05, 0) is 44.5 Å². The van der Waals surface area contributed by atoms with Crippen LogP contribution >= 0.6 is 0 Å². The van der Waals surface area contributed by atoms with Gasteiger partial charge in [0, 0.05) is 12.1 Å². The Morgan fingerprint density at radius 1 is 1.04 bits per heavy atom. The van der Waals surface area contributed by atoms with E-state index in [4.69, 9.17) is 9.47 Å². The van der Waals surface area contributed by atoms with E-state index in [2.05, 4.69) is 17.6 Å². The van der Waals surface area contributed by atoms with E-state index in [1.165, 1.54) is 6.92 Å². The van der Waals surface area contributed by atoms with E-state index in [0.29, 0.717) is 24.5 Å². The van der Waals surface area contributed by atoms with Gasteiger partial charge in [-0.1, -0.05) is 13.3 Å². The van der Waals surface area contributed by atoms with Crippen LogP contribution in [0.2, 0.25) is 0 Å². The first kappa shape index (κ1) is 22.9. The number of carbonyl (C=O) groups is 4. The molecule has 1 atom stereocenters. The Balaban J connectivity index is 2.40. The third-order valence-electron chi connectivity index (χ3n) is 3.53. The minimum Gasteiger partial charge on any atom is -0.494 e. The quantitative estimate of drug-likeness (QED) is 0.408. The lowest BCUT2D eigenvalue weighted by atomic mass is 10.2. The first-order valence-electron chi connectivity index (χ1n) is 9.16. The highest BCUT2D eigenvalue weighted by atomic mass is 16.5. The zero-order chi connectivity index (χ0) is 20.9. The fourth-order valence-corrected chi connectivity index (χ4v) is 2.00. The van der Waals surface area contributed by atoms with Crippen molar-refractivity contribution in [3.05, 3.63) is 29.8 Å². The molecule has 9 heteroatoms. The fourth-order valence-electron chi connectivity index (χ4n) is 2.00. The molecular weight excluding hydrogens is 366 g/mol. The molecule has 1 rings (SSSR count). The van der Waals surface area contributed by atoms with E-state index >= 15 is 0 Å². The molecule has 0 spiro atoms. The van der Waals surface area contributed by atoms with Gasteiger partial charge in [-0.25, -0.2) is 4.79 Å². The molecule has 0 fully saturated rings. The second-order valence-electron chi connectivity index (χ2n) is 5.89. The van der Waals surface area contributed by atoms with Gasteiger partial charge in [0.25, 0.3) is 11.8 Å². The summed E-state index contributed by atoms with van der Waals surface area (Å²) in [6, 6.07) is 5.85. The number of amides is 4. The number of nitrogens with one attached hydrogen (secondary N) is 3. The number of urea groups is 1. The van der Waals surface area contributed by atoms with E-state index in [0.717, 1.165) is 12.8 Å². The molecule has 1 aromatic rings. The Morgan fingerprint density at radius 2 is 1.71 bits per heavy atom. The number of hydrogen-bond donors (Lipinski definition) is 3.